The minimum atomic E-state index is -0.279. The third kappa shape index (κ3) is 3.32. The number of hydrogen-bond donors (Lipinski definition) is 1. The standard InChI is InChI=1S/C12H12ClNO2S2/c1-16-11(15)7-14-12(8-3-2-6-17-8)9-4-5-10(13)18-9/h2-6,12,14H,7H2,1H3. The highest BCUT2D eigenvalue weighted by molar-refractivity contribution is 7.16. The SMILES string of the molecule is COC(=O)CNC(c1cccs1)c1ccc(Cl)s1. The first-order valence-corrected chi connectivity index (χ1v) is 7.37. The molecule has 18 heavy (non-hydrogen) atoms. The molecule has 1 atom stereocenters. The number of carbonyl (C=O) groups excluding carboxylic acids is 1. The van der Waals surface area contributed by atoms with Gasteiger partial charge in [-0.05, 0) is 23.6 Å². The molecule has 6 heteroatoms. The minimum absolute atomic E-state index is 0.0124. The average Bonchev–Trinajstić information content (AvgIpc) is 3.01. The molecular weight excluding hydrogens is 290 g/mol. The number of nitrogens with one attached hydrogen (secondary N) is 1. The molecule has 2 aromatic heterocycles. The molecule has 0 saturated heterocycles. The molecule has 0 fully saturated rings. The fourth-order valence-electron chi connectivity index (χ4n) is 1.54. The molecule has 0 aromatic carbocycles. The summed E-state index contributed by atoms with van der Waals surface area (Å²) in [5, 5.41) is 5.20. The Hall–Kier alpha value is -0.880. The summed E-state index contributed by atoms with van der Waals surface area (Å²) in [7, 11) is 1.38. The zero-order valence-electron chi connectivity index (χ0n) is 9.68. The van der Waals surface area contributed by atoms with Crippen molar-refractivity contribution in [2.45, 2.75) is 6.04 Å². The molecule has 0 aliphatic rings. The van der Waals surface area contributed by atoms with Crippen LogP contribution in [0.25, 0.3) is 0 Å². The Labute approximate surface area is 118 Å². The molecule has 0 bridgehead atoms. The first-order chi connectivity index (χ1) is 8.70. The highest BCUT2D eigenvalue weighted by atomic mass is 35.5. The van der Waals surface area contributed by atoms with Gasteiger partial charge < -0.3 is 4.74 Å². The summed E-state index contributed by atoms with van der Waals surface area (Å²) in [6, 6.07) is 7.85. The molecule has 0 amide bonds. The van der Waals surface area contributed by atoms with E-state index in [2.05, 4.69) is 10.1 Å². The second-order valence-electron chi connectivity index (χ2n) is 3.55. The molecule has 0 aliphatic carbocycles. The number of hydrogen-bond acceptors (Lipinski definition) is 5. The summed E-state index contributed by atoms with van der Waals surface area (Å²) in [5.74, 6) is -0.279. The van der Waals surface area contributed by atoms with Crippen molar-refractivity contribution in [3.8, 4) is 0 Å². The Morgan fingerprint density at radius 1 is 1.44 bits per heavy atom. The summed E-state index contributed by atoms with van der Waals surface area (Å²) in [6.45, 7) is 0.175. The Balaban J connectivity index is 2.16. The number of halogens is 1. The normalized spacial score (nSPS) is 12.3. The number of rotatable bonds is 5. The fourth-order valence-corrected chi connectivity index (χ4v) is 3.59. The number of ether oxygens (including phenoxy) is 1. The summed E-state index contributed by atoms with van der Waals surface area (Å²) in [5.41, 5.74) is 0. The van der Waals surface area contributed by atoms with Crippen LogP contribution in [0.3, 0.4) is 0 Å². The summed E-state index contributed by atoms with van der Waals surface area (Å²) < 4.78 is 5.38. The fraction of sp³-hybridized carbons (Fsp3) is 0.250. The van der Waals surface area contributed by atoms with Crippen LogP contribution in [0.5, 0.6) is 0 Å². The van der Waals surface area contributed by atoms with Crippen molar-refractivity contribution in [2.75, 3.05) is 13.7 Å². The maximum absolute atomic E-state index is 11.2. The lowest BCUT2D eigenvalue weighted by molar-refractivity contribution is -0.139. The molecule has 2 aromatic rings. The van der Waals surface area contributed by atoms with Crippen LogP contribution in [0.15, 0.2) is 29.6 Å². The van der Waals surface area contributed by atoms with Gasteiger partial charge in [0.25, 0.3) is 0 Å². The van der Waals surface area contributed by atoms with Crippen molar-refractivity contribution in [3.63, 3.8) is 0 Å². The lowest BCUT2D eigenvalue weighted by Gasteiger charge is -2.15. The van der Waals surface area contributed by atoms with Crippen molar-refractivity contribution in [1.82, 2.24) is 5.32 Å². The number of methoxy groups -OCH3 is 1. The summed E-state index contributed by atoms with van der Waals surface area (Å²) in [6.07, 6.45) is 0. The summed E-state index contributed by atoms with van der Waals surface area (Å²) in [4.78, 5) is 13.5. The highest BCUT2D eigenvalue weighted by Crippen LogP contribution is 2.32. The second-order valence-corrected chi connectivity index (χ2v) is 6.27. The quantitative estimate of drug-likeness (QED) is 0.861. The van der Waals surface area contributed by atoms with Gasteiger partial charge >= 0.3 is 5.97 Å². The van der Waals surface area contributed by atoms with Gasteiger partial charge in [0.1, 0.15) is 0 Å². The van der Waals surface area contributed by atoms with Gasteiger partial charge in [-0.15, -0.1) is 22.7 Å². The lowest BCUT2D eigenvalue weighted by atomic mass is 10.2. The Morgan fingerprint density at radius 3 is 2.83 bits per heavy atom. The zero-order chi connectivity index (χ0) is 13.0. The lowest BCUT2D eigenvalue weighted by Crippen LogP contribution is -2.28. The van der Waals surface area contributed by atoms with E-state index >= 15 is 0 Å². The molecule has 0 saturated carbocycles. The van der Waals surface area contributed by atoms with Crippen LogP contribution < -0.4 is 5.32 Å². The monoisotopic (exact) mass is 301 g/mol. The van der Waals surface area contributed by atoms with Crippen molar-refractivity contribution < 1.29 is 9.53 Å². The molecule has 0 aliphatic heterocycles. The second kappa shape index (κ2) is 6.33. The molecule has 0 spiro atoms. The third-order valence-corrected chi connectivity index (χ3v) is 4.62. The van der Waals surface area contributed by atoms with E-state index < -0.39 is 0 Å². The van der Waals surface area contributed by atoms with Crippen LogP contribution in [0, 0.1) is 0 Å². The van der Waals surface area contributed by atoms with Crippen molar-refractivity contribution in [3.05, 3.63) is 43.7 Å². The largest absolute Gasteiger partial charge is 0.468 e. The van der Waals surface area contributed by atoms with Gasteiger partial charge in [-0.1, -0.05) is 17.7 Å². The van der Waals surface area contributed by atoms with Crippen LogP contribution >= 0.6 is 34.3 Å². The van der Waals surface area contributed by atoms with Crippen LogP contribution in [-0.2, 0) is 9.53 Å². The van der Waals surface area contributed by atoms with E-state index in [0.717, 1.165) is 14.1 Å². The van der Waals surface area contributed by atoms with Gasteiger partial charge in [0.2, 0.25) is 0 Å². The molecule has 3 nitrogen and oxygen atoms in total. The Morgan fingerprint density at radius 2 is 2.28 bits per heavy atom. The van der Waals surface area contributed by atoms with Crippen LogP contribution in [0.2, 0.25) is 4.34 Å². The number of carbonyl (C=O) groups is 1. The van der Waals surface area contributed by atoms with E-state index in [1.165, 1.54) is 18.4 Å². The molecule has 0 radical (unpaired) electrons. The topological polar surface area (TPSA) is 38.3 Å². The zero-order valence-corrected chi connectivity index (χ0v) is 12.1. The van der Waals surface area contributed by atoms with E-state index in [1.54, 1.807) is 11.3 Å². The van der Waals surface area contributed by atoms with Crippen molar-refractivity contribution in [1.29, 1.82) is 0 Å². The number of thiophene rings is 2. The van der Waals surface area contributed by atoms with Crippen LogP contribution in [-0.4, -0.2) is 19.6 Å². The van der Waals surface area contributed by atoms with Gasteiger partial charge in [-0.25, -0.2) is 0 Å². The average molecular weight is 302 g/mol. The van der Waals surface area contributed by atoms with Gasteiger partial charge in [-0.2, -0.15) is 0 Å². The van der Waals surface area contributed by atoms with Gasteiger partial charge in [0, 0.05) is 9.75 Å². The highest BCUT2D eigenvalue weighted by Gasteiger charge is 2.18. The first-order valence-electron chi connectivity index (χ1n) is 5.29. The van der Waals surface area contributed by atoms with E-state index in [9.17, 15) is 4.79 Å². The predicted octanol–water partition coefficient (Wildman–Crippen LogP) is 3.32. The van der Waals surface area contributed by atoms with Gasteiger partial charge in [0.15, 0.2) is 0 Å². The molecule has 1 N–H and O–H groups in total. The van der Waals surface area contributed by atoms with E-state index in [0.29, 0.717) is 0 Å². The number of esters is 1. The van der Waals surface area contributed by atoms with E-state index in [1.807, 2.05) is 29.6 Å². The molecular formula is C12H12ClNO2S2. The van der Waals surface area contributed by atoms with Crippen LogP contribution in [0.4, 0.5) is 0 Å². The van der Waals surface area contributed by atoms with Crippen LogP contribution in [0.1, 0.15) is 15.8 Å². The van der Waals surface area contributed by atoms with Gasteiger partial charge in [-0.3, -0.25) is 10.1 Å². The smallest absolute Gasteiger partial charge is 0.319 e. The van der Waals surface area contributed by atoms with Crippen molar-refractivity contribution in [2.24, 2.45) is 0 Å². The predicted molar refractivity (Wildman–Crippen MR) is 75.5 cm³/mol. The maximum atomic E-state index is 11.2. The minimum Gasteiger partial charge on any atom is -0.468 e. The maximum Gasteiger partial charge on any atom is 0.319 e. The summed E-state index contributed by atoms with van der Waals surface area (Å²) >= 11 is 9.11. The molecule has 1 unspecified atom stereocenters. The Kier molecular flexibility index (Phi) is 4.77. The van der Waals surface area contributed by atoms with E-state index in [-0.39, 0.29) is 18.6 Å². The third-order valence-electron chi connectivity index (χ3n) is 2.38. The molecule has 96 valence electrons. The molecule has 2 rings (SSSR count). The first kappa shape index (κ1) is 13.5. The van der Waals surface area contributed by atoms with Crippen molar-refractivity contribution >= 4 is 40.2 Å². The Bertz CT molecular complexity index is 510. The van der Waals surface area contributed by atoms with Gasteiger partial charge in [0.05, 0.1) is 24.0 Å². The van der Waals surface area contributed by atoms with E-state index in [4.69, 9.17) is 11.6 Å². The molecule has 2 heterocycles.